The van der Waals surface area contributed by atoms with Crippen LogP contribution in [0.25, 0.3) is 16.7 Å². The first kappa shape index (κ1) is 18.7. The number of fused-ring (bicyclic) bond motifs is 1. The van der Waals surface area contributed by atoms with Crippen molar-refractivity contribution in [1.29, 1.82) is 0 Å². The van der Waals surface area contributed by atoms with Crippen molar-refractivity contribution < 1.29 is 9.90 Å². The number of hydrogen-bond donors (Lipinski definition) is 1. The summed E-state index contributed by atoms with van der Waals surface area (Å²) in [4.78, 5) is 24.7. The second-order valence-corrected chi connectivity index (χ2v) is 8.14. The normalized spacial score (nSPS) is 13.8. The number of aromatic carboxylic acids is 1. The highest BCUT2D eigenvalue weighted by atomic mass is 35.5. The number of aromatic nitrogens is 4. The van der Waals surface area contributed by atoms with E-state index in [0.29, 0.717) is 22.1 Å². The lowest BCUT2D eigenvalue weighted by Crippen LogP contribution is -2.23. The van der Waals surface area contributed by atoms with Gasteiger partial charge in [-0.05, 0) is 54.7 Å². The minimum atomic E-state index is -0.999. The van der Waals surface area contributed by atoms with E-state index in [2.05, 4.69) is 5.10 Å². The Morgan fingerprint density at radius 1 is 1.17 bits per heavy atom. The highest BCUT2D eigenvalue weighted by Crippen LogP contribution is 2.30. The first-order chi connectivity index (χ1) is 14.5. The van der Waals surface area contributed by atoms with Crippen LogP contribution in [0.5, 0.6) is 0 Å². The lowest BCUT2D eigenvalue weighted by molar-refractivity contribution is 0.0696. The number of imidazole rings is 1. The van der Waals surface area contributed by atoms with Crippen LogP contribution in [0.2, 0.25) is 5.02 Å². The zero-order valence-corrected chi connectivity index (χ0v) is 16.8. The SMILES string of the molecule is O=C(O)c1cccc(Cn2c(=O)n(-c3cnn(CC4CC4)c3)c3cc(Cl)ccc32)c1. The molecule has 152 valence electrons. The Kier molecular flexibility index (Phi) is 4.47. The maximum Gasteiger partial charge on any atom is 0.335 e. The van der Waals surface area contributed by atoms with Gasteiger partial charge in [0.1, 0.15) is 0 Å². The number of carboxylic acids is 1. The van der Waals surface area contributed by atoms with Gasteiger partial charge in [-0.2, -0.15) is 5.10 Å². The lowest BCUT2D eigenvalue weighted by Gasteiger charge is -2.05. The van der Waals surface area contributed by atoms with E-state index >= 15 is 0 Å². The van der Waals surface area contributed by atoms with Crippen molar-refractivity contribution in [3.05, 3.63) is 81.5 Å². The number of carboxylic acid groups (broad SMARTS) is 1. The molecule has 30 heavy (non-hydrogen) atoms. The van der Waals surface area contributed by atoms with E-state index in [-0.39, 0.29) is 17.8 Å². The van der Waals surface area contributed by atoms with E-state index in [4.69, 9.17) is 11.6 Å². The van der Waals surface area contributed by atoms with Crippen LogP contribution in [0.1, 0.15) is 28.8 Å². The molecular weight excluding hydrogens is 404 g/mol. The molecule has 0 spiro atoms. The van der Waals surface area contributed by atoms with E-state index in [1.54, 1.807) is 39.6 Å². The number of rotatable bonds is 6. The monoisotopic (exact) mass is 422 g/mol. The maximum absolute atomic E-state index is 13.4. The lowest BCUT2D eigenvalue weighted by atomic mass is 10.1. The van der Waals surface area contributed by atoms with Gasteiger partial charge in [0.15, 0.2) is 0 Å². The summed E-state index contributed by atoms with van der Waals surface area (Å²) in [7, 11) is 0. The summed E-state index contributed by atoms with van der Waals surface area (Å²) in [6, 6.07) is 11.9. The van der Waals surface area contributed by atoms with Crippen molar-refractivity contribution in [3.63, 3.8) is 0 Å². The van der Waals surface area contributed by atoms with Crippen LogP contribution in [0.15, 0.2) is 59.7 Å². The third-order valence-electron chi connectivity index (χ3n) is 5.43. The van der Waals surface area contributed by atoms with E-state index in [1.807, 2.05) is 23.0 Å². The second-order valence-electron chi connectivity index (χ2n) is 7.71. The number of benzene rings is 2. The van der Waals surface area contributed by atoms with Crippen molar-refractivity contribution >= 4 is 28.6 Å². The molecule has 0 amide bonds. The van der Waals surface area contributed by atoms with Crippen LogP contribution >= 0.6 is 11.6 Å². The first-order valence-electron chi connectivity index (χ1n) is 9.75. The summed E-state index contributed by atoms with van der Waals surface area (Å²) in [6.45, 7) is 1.11. The number of nitrogens with zero attached hydrogens (tertiary/aromatic N) is 4. The molecule has 8 heteroatoms. The highest BCUT2D eigenvalue weighted by Gasteiger charge is 2.23. The largest absolute Gasteiger partial charge is 0.478 e. The molecule has 2 aromatic heterocycles. The van der Waals surface area contributed by atoms with E-state index in [0.717, 1.165) is 17.6 Å². The molecule has 2 aromatic carbocycles. The molecule has 0 saturated heterocycles. The number of halogens is 1. The van der Waals surface area contributed by atoms with Crippen molar-refractivity contribution in [1.82, 2.24) is 18.9 Å². The number of hydrogen-bond acceptors (Lipinski definition) is 3. The topological polar surface area (TPSA) is 82.0 Å². The summed E-state index contributed by atoms with van der Waals surface area (Å²) in [5.74, 6) is -0.326. The fraction of sp³-hybridized carbons (Fsp3) is 0.227. The molecule has 0 radical (unpaired) electrons. The first-order valence-corrected chi connectivity index (χ1v) is 10.1. The molecule has 4 aromatic rings. The van der Waals surface area contributed by atoms with Crippen molar-refractivity contribution in [2.45, 2.75) is 25.9 Å². The van der Waals surface area contributed by atoms with Crippen LogP contribution in [-0.2, 0) is 13.1 Å². The molecule has 1 N–H and O–H groups in total. The fourth-order valence-electron chi connectivity index (χ4n) is 3.75. The van der Waals surface area contributed by atoms with Gasteiger partial charge in [0.25, 0.3) is 0 Å². The Bertz CT molecular complexity index is 1330. The zero-order chi connectivity index (χ0) is 20.8. The molecule has 1 fully saturated rings. The van der Waals surface area contributed by atoms with Crippen LogP contribution in [0.3, 0.4) is 0 Å². The predicted octanol–water partition coefficient (Wildman–Crippen LogP) is 3.80. The van der Waals surface area contributed by atoms with Crippen molar-refractivity contribution in [2.24, 2.45) is 5.92 Å². The van der Waals surface area contributed by atoms with Gasteiger partial charge in [-0.15, -0.1) is 0 Å². The van der Waals surface area contributed by atoms with Crippen LogP contribution in [-0.4, -0.2) is 30.0 Å². The molecular formula is C22H19ClN4O3. The van der Waals surface area contributed by atoms with Crippen LogP contribution < -0.4 is 5.69 Å². The second kappa shape index (κ2) is 7.18. The molecule has 0 unspecified atom stereocenters. The van der Waals surface area contributed by atoms with Gasteiger partial charge in [-0.3, -0.25) is 13.8 Å². The zero-order valence-electron chi connectivity index (χ0n) is 16.0. The molecule has 0 atom stereocenters. The molecule has 0 aliphatic heterocycles. The van der Waals surface area contributed by atoms with E-state index in [9.17, 15) is 14.7 Å². The van der Waals surface area contributed by atoms with Gasteiger partial charge in [0.05, 0.1) is 35.0 Å². The maximum atomic E-state index is 13.4. The van der Waals surface area contributed by atoms with Gasteiger partial charge in [-0.25, -0.2) is 9.59 Å². The Morgan fingerprint density at radius 2 is 2.00 bits per heavy atom. The summed E-state index contributed by atoms with van der Waals surface area (Å²) < 4.78 is 5.12. The molecule has 1 aliphatic carbocycles. The average Bonchev–Trinajstić information content (AvgIpc) is 3.36. The Labute approximate surface area is 176 Å². The third-order valence-corrected chi connectivity index (χ3v) is 5.66. The molecule has 7 nitrogen and oxygen atoms in total. The molecule has 2 heterocycles. The van der Waals surface area contributed by atoms with Gasteiger partial charge < -0.3 is 5.11 Å². The minimum absolute atomic E-state index is 0.189. The number of carbonyl (C=O) groups is 1. The van der Waals surface area contributed by atoms with Gasteiger partial charge in [0, 0.05) is 17.8 Å². The Hall–Kier alpha value is -3.32. The van der Waals surface area contributed by atoms with Gasteiger partial charge >= 0.3 is 11.7 Å². The Balaban J connectivity index is 1.61. The molecule has 1 saturated carbocycles. The average molecular weight is 423 g/mol. The predicted molar refractivity (Wildman–Crippen MR) is 114 cm³/mol. The summed E-state index contributed by atoms with van der Waals surface area (Å²) in [6.07, 6.45) is 6.02. The standard InChI is InChI=1S/C22H19ClN4O3/c23-17-6-7-19-20(9-17)27(18-10-24-25(13-18)11-14-4-5-14)22(30)26(19)12-15-2-1-3-16(8-15)21(28)29/h1-3,6-10,13-14H,4-5,11-12H2,(H,28,29). The molecule has 1 aliphatic rings. The summed E-state index contributed by atoms with van der Waals surface area (Å²) >= 11 is 6.23. The smallest absolute Gasteiger partial charge is 0.335 e. The minimum Gasteiger partial charge on any atom is -0.478 e. The van der Waals surface area contributed by atoms with Crippen LogP contribution in [0.4, 0.5) is 0 Å². The fourth-order valence-corrected chi connectivity index (χ4v) is 3.92. The summed E-state index contributed by atoms with van der Waals surface area (Å²) in [5, 5.41) is 14.2. The summed E-state index contributed by atoms with van der Waals surface area (Å²) in [5.41, 5.74) is 2.79. The van der Waals surface area contributed by atoms with Gasteiger partial charge in [-0.1, -0.05) is 23.7 Å². The Morgan fingerprint density at radius 3 is 2.77 bits per heavy atom. The van der Waals surface area contributed by atoms with Crippen LogP contribution in [0, 0.1) is 5.92 Å². The quantitative estimate of drug-likeness (QED) is 0.512. The van der Waals surface area contributed by atoms with E-state index in [1.165, 1.54) is 18.9 Å². The van der Waals surface area contributed by atoms with Gasteiger partial charge in [0.2, 0.25) is 0 Å². The highest BCUT2D eigenvalue weighted by molar-refractivity contribution is 6.31. The van der Waals surface area contributed by atoms with E-state index < -0.39 is 5.97 Å². The van der Waals surface area contributed by atoms with Crippen molar-refractivity contribution in [3.8, 4) is 5.69 Å². The molecule has 0 bridgehead atoms. The molecule has 5 rings (SSSR count). The van der Waals surface area contributed by atoms with Crippen molar-refractivity contribution in [2.75, 3.05) is 0 Å². The third kappa shape index (κ3) is 3.41.